The van der Waals surface area contributed by atoms with E-state index in [-0.39, 0.29) is 6.61 Å². The number of unbranched alkanes of at least 4 members (excludes halogenated alkanes) is 13. The molecular weight excluding hydrogens is 387 g/mol. The molecule has 0 unspecified atom stereocenters. The zero-order valence-electron chi connectivity index (χ0n) is 16.6. The van der Waals surface area contributed by atoms with E-state index in [0.29, 0.717) is 6.42 Å². The van der Waals surface area contributed by atoms with Crippen molar-refractivity contribution >= 4 is 33.1 Å². The molecule has 158 valence electrons. The van der Waals surface area contributed by atoms with Gasteiger partial charge < -0.3 is 9.79 Å². The van der Waals surface area contributed by atoms with Gasteiger partial charge in [0, 0.05) is 0 Å². The van der Waals surface area contributed by atoms with E-state index in [2.05, 4.69) is 36.7 Å². The average Bonchev–Trinajstić information content (AvgIpc) is 2.53. The molecule has 0 atom stereocenters. The molecule has 0 rings (SSSR count). The van der Waals surface area contributed by atoms with Gasteiger partial charge in [0.05, 0.1) is 10.7 Å². The summed E-state index contributed by atoms with van der Waals surface area (Å²) in [7, 11) is -4.38. The van der Waals surface area contributed by atoms with E-state index in [4.69, 9.17) is 9.79 Å². The molecule has 2 N–H and O–H groups in total. The van der Waals surface area contributed by atoms with Crippen molar-refractivity contribution in [2.24, 2.45) is 0 Å². The average molecular weight is 429 g/mol. The summed E-state index contributed by atoms with van der Waals surface area (Å²) in [6.45, 7) is 2.24. The summed E-state index contributed by atoms with van der Waals surface area (Å²) in [5.74, 6) is 0. The van der Waals surface area contributed by atoms with Crippen LogP contribution < -0.4 is 0 Å². The Morgan fingerprint density at radius 3 is 1.50 bits per heavy atom. The van der Waals surface area contributed by atoms with Crippen LogP contribution in [0.3, 0.4) is 0 Å². The normalized spacial score (nSPS) is 12.7. The highest BCUT2D eigenvalue weighted by Crippen LogP contribution is 2.38. The lowest BCUT2D eigenvalue weighted by Gasteiger charge is -2.22. The topological polar surface area (TPSA) is 66.8 Å². The Kier molecular flexibility index (Phi) is 17.3. The molecule has 0 aromatic carbocycles. The fourth-order valence-electron chi connectivity index (χ4n) is 3.06. The van der Waals surface area contributed by atoms with Gasteiger partial charge in [-0.25, -0.2) is 4.57 Å². The van der Waals surface area contributed by atoms with Crippen molar-refractivity contribution < 1.29 is 18.9 Å². The Balaban J connectivity index is 3.33. The Morgan fingerprint density at radius 2 is 1.12 bits per heavy atom. The number of phosphoric ester groups is 1. The van der Waals surface area contributed by atoms with Gasteiger partial charge >= 0.3 is 7.82 Å². The van der Waals surface area contributed by atoms with Gasteiger partial charge in [-0.15, -0.1) is 0 Å². The van der Waals surface area contributed by atoms with Gasteiger partial charge in [-0.2, -0.15) is 25.3 Å². The minimum atomic E-state index is -4.38. The van der Waals surface area contributed by atoms with Crippen molar-refractivity contribution in [3.63, 3.8) is 0 Å². The minimum Gasteiger partial charge on any atom is -0.303 e. The Labute approximate surface area is 172 Å². The first kappa shape index (κ1) is 26.8. The van der Waals surface area contributed by atoms with Crippen LogP contribution in [0, 0.1) is 0 Å². The highest BCUT2D eigenvalue weighted by molar-refractivity contribution is 8.00. The van der Waals surface area contributed by atoms with E-state index in [9.17, 15) is 4.57 Å². The molecule has 26 heavy (non-hydrogen) atoms. The van der Waals surface area contributed by atoms with Crippen molar-refractivity contribution in [2.75, 3.05) is 6.61 Å². The van der Waals surface area contributed by atoms with Gasteiger partial charge in [-0.1, -0.05) is 96.8 Å². The van der Waals surface area contributed by atoms with E-state index in [1.54, 1.807) is 0 Å². The Morgan fingerprint density at radius 1 is 0.731 bits per heavy atom. The largest absolute Gasteiger partial charge is 0.469 e. The third-order valence-corrected chi connectivity index (χ3v) is 6.11. The van der Waals surface area contributed by atoms with Gasteiger partial charge in [0.1, 0.15) is 0 Å². The van der Waals surface area contributed by atoms with Crippen LogP contribution in [0.25, 0.3) is 0 Å². The molecular formula is C19H41O4PS2. The predicted octanol–water partition coefficient (Wildman–Crippen LogP) is 6.91. The number of phosphoric acid groups is 1. The molecule has 0 saturated heterocycles. The second-order valence-electron chi connectivity index (χ2n) is 7.40. The second-order valence-corrected chi connectivity index (χ2v) is 10.7. The van der Waals surface area contributed by atoms with E-state index in [1.807, 2.05) is 0 Å². The molecule has 0 aromatic heterocycles. The highest BCUT2D eigenvalue weighted by atomic mass is 32.2. The highest BCUT2D eigenvalue weighted by Gasteiger charge is 2.22. The molecule has 4 nitrogen and oxygen atoms in total. The SMILES string of the molecule is CCCCCCCCCCCCCCCCC(S)(S)CCOP(=O)(O)O. The maximum Gasteiger partial charge on any atom is 0.469 e. The lowest BCUT2D eigenvalue weighted by Crippen LogP contribution is -2.16. The van der Waals surface area contributed by atoms with Crippen molar-refractivity contribution in [1.29, 1.82) is 0 Å². The van der Waals surface area contributed by atoms with Gasteiger partial charge in [0.2, 0.25) is 0 Å². The molecule has 0 aromatic rings. The molecule has 0 bridgehead atoms. The Hall–Kier alpha value is 0.810. The van der Waals surface area contributed by atoms with Crippen molar-refractivity contribution in [3.8, 4) is 0 Å². The standard InChI is InChI=1S/C19H41O4PS2/c1-2-3-4-5-6-7-8-9-10-11-12-13-14-15-16-19(25,26)17-18-23-24(20,21)22/h25-26H,2-18H2,1H3,(H2,20,21,22). The van der Waals surface area contributed by atoms with Crippen LogP contribution in [-0.4, -0.2) is 20.5 Å². The fourth-order valence-corrected chi connectivity index (χ4v) is 3.88. The lowest BCUT2D eigenvalue weighted by molar-refractivity contribution is 0.193. The smallest absolute Gasteiger partial charge is 0.303 e. The van der Waals surface area contributed by atoms with Crippen LogP contribution in [0.1, 0.15) is 110 Å². The second kappa shape index (κ2) is 16.7. The zero-order chi connectivity index (χ0) is 19.7. The van der Waals surface area contributed by atoms with E-state index in [1.165, 1.54) is 83.5 Å². The van der Waals surface area contributed by atoms with Crippen LogP contribution in [0.2, 0.25) is 0 Å². The van der Waals surface area contributed by atoms with E-state index < -0.39 is 11.9 Å². The molecule has 0 amide bonds. The van der Waals surface area contributed by atoms with E-state index in [0.717, 1.165) is 12.8 Å². The van der Waals surface area contributed by atoms with Crippen molar-refractivity contribution in [3.05, 3.63) is 0 Å². The van der Waals surface area contributed by atoms with Crippen LogP contribution in [0.15, 0.2) is 0 Å². The van der Waals surface area contributed by atoms with Gasteiger partial charge in [0.25, 0.3) is 0 Å². The van der Waals surface area contributed by atoms with Gasteiger partial charge in [0.15, 0.2) is 0 Å². The van der Waals surface area contributed by atoms with Crippen molar-refractivity contribution in [2.45, 2.75) is 114 Å². The number of rotatable bonds is 19. The maximum absolute atomic E-state index is 10.6. The summed E-state index contributed by atoms with van der Waals surface area (Å²) in [6.07, 6.45) is 19.8. The fraction of sp³-hybridized carbons (Fsp3) is 1.00. The third kappa shape index (κ3) is 21.1. The number of thiol groups is 2. The van der Waals surface area contributed by atoms with Crippen molar-refractivity contribution in [1.82, 2.24) is 0 Å². The number of hydrogen-bond acceptors (Lipinski definition) is 4. The minimum absolute atomic E-state index is 0.0180. The first-order chi connectivity index (χ1) is 12.3. The van der Waals surface area contributed by atoms with Gasteiger partial charge in [-0.3, -0.25) is 4.52 Å². The molecule has 0 spiro atoms. The first-order valence-corrected chi connectivity index (χ1v) is 12.8. The quantitative estimate of drug-likeness (QED) is 0.0781. The van der Waals surface area contributed by atoms with Crippen LogP contribution >= 0.6 is 33.1 Å². The molecule has 0 aliphatic carbocycles. The maximum atomic E-state index is 10.6. The summed E-state index contributed by atoms with van der Waals surface area (Å²) in [5.41, 5.74) is 0. The summed E-state index contributed by atoms with van der Waals surface area (Å²) >= 11 is 8.93. The van der Waals surface area contributed by atoms with E-state index >= 15 is 0 Å². The summed E-state index contributed by atoms with van der Waals surface area (Å²) in [4.78, 5) is 17.3. The summed E-state index contributed by atoms with van der Waals surface area (Å²) in [5, 5.41) is 0. The molecule has 0 saturated carbocycles. The monoisotopic (exact) mass is 428 g/mol. The predicted molar refractivity (Wildman–Crippen MR) is 118 cm³/mol. The molecule has 7 heteroatoms. The molecule has 0 aliphatic heterocycles. The van der Waals surface area contributed by atoms with Crippen LogP contribution in [0.5, 0.6) is 0 Å². The van der Waals surface area contributed by atoms with Crippen LogP contribution in [-0.2, 0) is 9.09 Å². The van der Waals surface area contributed by atoms with Gasteiger partial charge in [-0.05, 0) is 12.8 Å². The Bertz CT molecular complexity index is 361. The summed E-state index contributed by atoms with van der Waals surface area (Å²) < 4.78 is 14.6. The zero-order valence-corrected chi connectivity index (χ0v) is 19.3. The van der Waals surface area contributed by atoms with Crippen LogP contribution in [0.4, 0.5) is 0 Å². The lowest BCUT2D eigenvalue weighted by atomic mass is 10.0. The molecule has 0 radical (unpaired) electrons. The number of hydrogen-bond donors (Lipinski definition) is 4. The molecule has 0 heterocycles. The summed E-state index contributed by atoms with van der Waals surface area (Å²) in [6, 6.07) is 0. The molecule has 0 aliphatic rings. The third-order valence-electron chi connectivity index (χ3n) is 4.69. The first-order valence-electron chi connectivity index (χ1n) is 10.4. The molecule has 0 fully saturated rings.